The first kappa shape index (κ1) is 21.2. The molecule has 164 valence electrons. The monoisotopic (exact) mass is 442 g/mol. The Morgan fingerprint density at radius 2 is 2.00 bits per heavy atom. The average Bonchev–Trinajstić information content (AvgIpc) is 3.14. The second kappa shape index (κ2) is 8.23. The summed E-state index contributed by atoms with van der Waals surface area (Å²) in [6.07, 6.45) is 2.87. The molecule has 0 saturated carbocycles. The second-order valence-corrected chi connectivity index (χ2v) is 10.9. The van der Waals surface area contributed by atoms with Gasteiger partial charge in [0.1, 0.15) is 24.4 Å². The minimum Gasteiger partial charge on any atom is -0.495 e. The van der Waals surface area contributed by atoms with Crippen LogP contribution in [0.15, 0.2) is 24.4 Å². The lowest BCUT2D eigenvalue weighted by molar-refractivity contribution is -0.128. The third-order valence-corrected chi connectivity index (χ3v) is 8.84. The van der Waals surface area contributed by atoms with Gasteiger partial charge in [0.2, 0.25) is 11.9 Å². The van der Waals surface area contributed by atoms with Gasteiger partial charge in [-0.1, -0.05) is 0 Å². The SMILES string of the molecule is CNc1nc(Nc2ccc(P3(=O)CCN(C(C)=O)CC3)cc2OC)nc2[nH]cc(C)c12. The average molecular weight is 442 g/mol. The van der Waals surface area contributed by atoms with E-state index in [0.29, 0.717) is 42.8 Å². The zero-order valence-corrected chi connectivity index (χ0v) is 19.0. The molecular weight excluding hydrogens is 415 g/mol. The third-order valence-electron chi connectivity index (χ3n) is 5.78. The van der Waals surface area contributed by atoms with Gasteiger partial charge in [0.15, 0.2) is 0 Å². The van der Waals surface area contributed by atoms with Gasteiger partial charge in [0.25, 0.3) is 0 Å². The summed E-state index contributed by atoms with van der Waals surface area (Å²) in [5, 5.41) is 8.05. The molecule has 0 aliphatic carbocycles. The van der Waals surface area contributed by atoms with Crippen LogP contribution in [0.3, 0.4) is 0 Å². The van der Waals surface area contributed by atoms with Crippen LogP contribution >= 0.6 is 7.14 Å². The van der Waals surface area contributed by atoms with Gasteiger partial charge < -0.3 is 29.8 Å². The van der Waals surface area contributed by atoms with Gasteiger partial charge >= 0.3 is 0 Å². The molecule has 3 heterocycles. The summed E-state index contributed by atoms with van der Waals surface area (Å²) < 4.78 is 19.1. The fourth-order valence-corrected chi connectivity index (χ4v) is 6.51. The number of ether oxygens (including phenoxy) is 1. The quantitative estimate of drug-likeness (QED) is 0.521. The summed E-state index contributed by atoms with van der Waals surface area (Å²) in [5.74, 6) is 1.74. The highest BCUT2D eigenvalue weighted by Crippen LogP contribution is 2.47. The van der Waals surface area contributed by atoms with Crippen LogP contribution < -0.4 is 20.7 Å². The Balaban J connectivity index is 1.62. The van der Waals surface area contributed by atoms with Crippen molar-refractivity contribution in [3.63, 3.8) is 0 Å². The zero-order valence-electron chi connectivity index (χ0n) is 18.2. The molecule has 31 heavy (non-hydrogen) atoms. The summed E-state index contributed by atoms with van der Waals surface area (Å²) >= 11 is 0. The molecular formula is C21H27N6O3P. The predicted octanol–water partition coefficient (Wildman–Crippen LogP) is 2.91. The van der Waals surface area contributed by atoms with E-state index in [-0.39, 0.29) is 5.91 Å². The molecule has 4 rings (SSSR count). The van der Waals surface area contributed by atoms with Crippen LogP contribution in [0.1, 0.15) is 12.5 Å². The first-order valence-corrected chi connectivity index (χ1v) is 12.2. The predicted molar refractivity (Wildman–Crippen MR) is 124 cm³/mol. The molecule has 3 N–H and O–H groups in total. The number of amides is 1. The normalized spacial score (nSPS) is 15.7. The molecule has 1 fully saturated rings. The number of anilines is 3. The molecule has 1 aromatic carbocycles. The van der Waals surface area contributed by atoms with Crippen LogP contribution in [0.5, 0.6) is 5.75 Å². The lowest BCUT2D eigenvalue weighted by Gasteiger charge is -2.32. The number of aromatic amines is 1. The van der Waals surface area contributed by atoms with Crippen molar-refractivity contribution in [1.82, 2.24) is 19.9 Å². The molecule has 10 heteroatoms. The van der Waals surface area contributed by atoms with E-state index in [1.807, 2.05) is 38.4 Å². The Morgan fingerprint density at radius 1 is 1.26 bits per heavy atom. The third kappa shape index (κ3) is 3.97. The first-order valence-electron chi connectivity index (χ1n) is 10.2. The maximum absolute atomic E-state index is 13.5. The minimum atomic E-state index is -2.58. The Bertz CT molecular complexity index is 1180. The van der Waals surface area contributed by atoms with E-state index >= 15 is 0 Å². The molecule has 0 unspecified atom stereocenters. The van der Waals surface area contributed by atoms with E-state index in [0.717, 1.165) is 27.7 Å². The highest BCUT2D eigenvalue weighted by Gasteiger charge is 2.32. The molecule has 1 aliphatic heterocycles. The van der Waals surface area contributed by atoms with Crippen LogP contribution in [-0.4, -0.2) is 65.3 Å². The number of benzene rings is 1. The molecule has 0 atom stereocenters. The number of H-pyrrole nitrogens is 1. The maximum Gasteiger partial charge on any atom is 0.231 e. The Kier molecular flexibility index (Phi) is 5.62. The van der Waals surface area contributed by atoms with Crippen molar-refractivity contribution in [1.29, 1.82) is 0 Å². The molecule has 2 aromatic heterocycles. The number of hydrogen-bond donors (Lipinski definition) is 3. The van der Waals surface area contributed by atoms with Crippen molar-refractivity contribution in [3.05, 3.63) is 30.0 Å². The fraction of sp³-hybridized carbons (Fsp3) is 0.381. The van der Waals surface area contributed by atoms with Gasteiger partial charge in [-0.25, -0.2) is 0 Å². The smallest absolute Gasteiger partial charge is 0.231 e. The van der Waals surface area contributed by atoms with Crippen LogP contribution in [0.2, 0.25) is 0 Å². The van der Waals surface area contributed by atoms with Crippen molar-refractivity contribution in [3.8, 4) is 5.75 Å². The van der Waals surface area contributed by atoms with E-state index in [9.17, 15) is 9.36 Å². The molecule has 0 bridgehead atoms. The van der Waals surface area contributed by atoms with Gasteiger partial charge in [-0.15, -0.1) is 0 Å². The van der Waals surface area contributed by atoms with Gasteiger partial charge in [-0.05, 0) is 30.7 Å². The molecule has 1 saturated heterocycles. The Hall–Kier alpha value is -3.06. The maximum atomic E-state index is 13.5. The number of methoxy groups -OCH3 is 1. The van der Waals surface area contributed by atoms with Gasteiger partial charge in [-0.3, -0.25) is 4.79 Å². The summed E-state index contributed by atoms with van der Waals surface area (Å²) in [7, 11) is 0.825. The summed E-state index contributed by atoms with van der Waals surface area (Å²) in [6.45, 7) is 4.59. The molecule has 0 spiro atoms. The summed E-state index contributed by atoms with van der Waals surface area (Å²) in [4.78, 5) is 25.6. The molecule has 3 aromatic rings. The Labute approximate surface area is 181 Å². The fourth-order valence-electron chi connectivity index (χ4n) is 3.94. The second-order valence-electron chi connectivity index (χ2n) is 7.69. The molecule has 9 nitrogen and oxygen atoms in total. The van der Waals surface area contributed by atoms with Crippen molar-refractivity contribution in [2.24, 2.45) is 0 Å². The van der Waals surface area contributed by atoms with E-state index in [2.05, 4.69) is 25.6 Å². The largest absolute Gasteiger partial charge is 0.495 e. The van der Waals surface area contributed by atoms with Crippen molar-refractivity contribution in [2.45, 2.75) is 13.8 Å². The molecule has 1 amide bonds. The number of aromatic nitrogens is 3. The topological polar surface area (TPSA) is 112 Å². The standard InChI is InChI=1S/C21H27N6O3P/c1-13-12-23-20-18(13)19(22-3)25-21(26-20)24-16-6-5-15(11-17(16)30-4)31(29)9-7-27(8-10-31)14(2)28/h5-6,11-12H,7-10H2,1-4H3,(H3,22,23,24,25,26). The van der Waals surface area contributed by atoms with Crippen molar-refractivity contribution < 1.29 is 14.1 Å². The zero-order chi connectivity index (χ0) is 22.2. The lowest BCUT2D eigenvalue weighted by Crippen LogP contribution is -2.39. The van der Waals surface area contributed by atoms with E-state index in [1.54, 1.807) is 18.9 Å². The van der Waals surface area contributed by atoms with Crippen LogP contribution in [-0.2, 0) is 9.36 Å². The van der Waals surface area contributed by atoms with E-state index in [1.165, 1.54) is 0 Å². The highest BCUT2D eigenvalue weighted by molar-refractivity contribution is 7.71. The van der Waals surface area contributed by atoms with E-state index in [4.69, 9.17) is 4.74 Å². The number of carbonyl (C=O) groups is 1. The van der Waals surface area contributed by atoms with E-state index < -0.39 is 7.14 Å². The summed E-state index contributed by atoms with van der Waals surface area (Å²) in [5.41, 5.74) is 2.48. The van der Waals surface area contributed by atoms with Crippen LogP contribution in [0.4, 0.5) is 17.5 Å². The number of nitrogens with zero attached hydrogens (tertiary/aromatic N) is 3. The van der Waals surface area contributed by atoms with Crippen LogP contribution in [0, 0.1) is 6.92 Å². The number of aryl methyl sites for hydroxylation is 1. The van der Waals surface area contributed by atoms with Crippen molar-refractivity contribution >= 4 is 46.8 Å². The number of rotatable bonds is 5. The van der Waals surface area contributed by atoms with Gasteiger partial charge in [-0.2, -0.15) is 9.97 Å². The molecule has 1 aliphatic rings. The van der Waals surface area contributed by atoms with Crippen LogP contribution in [0.25, 0.3) is 11.0 Å². The first-order chi connectivity index (χ1) is 14.8. The number of carbonyl (C=O) groups excluding carboxylic acids is 1. The van der Waals surface area contributed by atoms with Gasteiger partial charge in [0, 0.05) is 50.9 Å². The number of nitrogens with one attached hydrogen (secondary N) is 3. The number of hydrogen-bond acceptors (Lipinski definition) is 7. The van der Waals surface area contributed by atoms with Crippen molar-refractivity contribution in [2.75, 3.05) is 50.2 Å². The number of fused-ring (bicyclic) bond motifs is 1. The minimum absolute atomic E-state index is 0.0264. The summed E-state index contributed by atoms with van der Waals surface area (Å²) in [6, 6.07) is 5.53. The Morgan fingerprint density at radius 3 is 2.65 bits per heavy atom. The molecule has 0 radical (unpaired) electrons. The lowest BCUT2D eigenvalue weighted by atomic mass is 10.2. The van der Waals surface area contributed by atoms with Gasteiger partial charge in [0.05, 0.1) is 18.2 Å². The highest BCUT2D eigenvalue weighted by atomic mass is 31.2.